The van der Waals surface area contributed by atoms with E-state index >= 15 is 0 Å². The van der Waals surface area contributed by atoms with Crippen molar-refractivity contribution in [3.8, 4) is 0 Å². The van der Waals surface area contributed by atoms with Gasteiger partial charge in [0.2, 0.25) is 0 Å². The molecule has 0 aromatic carbocycles. The number of hydrogen-bond acceptors (Lipinski definition) is 4. The first kappa shape index (κ1) is 9.39. The van der Waals surface area contributed by atoms with Crippen LogP contribution in [0.2, 0.25) is 0 Å². The van der Waals surface area contributed by atoms with E-state index in [1.807, 2.05) is 0 Å². The first-order valence-electron chi connectivity index (χ1n) is 4.38. The minimum Gasteiger partial charge on any atom is -0.432 e. The van der Waals surface area contributed by atoms with Crippen LogP contribution in [0, 0.1) is 0 Å². The van der Waals surface area contributed by atoms with Crippen LogP contribution in [0.4, 0.5) is 14.8 Å². The SMILES string of the molecule is NCc1coc(N2CCC(F)(F)C2)n1. The molecule has 2 N–H and O–H groups in total. The molecule has 1 aromatic heterocycles. The fraction of sp³-hybridized carbons (Fsp3) is 0.625. The van der Waals surface area contributed by atoms with Gasteiger partial charge in [0, 0.05) is 19.5 Å². The van der Waals surface area contributed by atoms with Gasteiger partial charge in [-0.25, -0.2) is 8.78 Å². The predicted molar refractivity (Wildman–Crippen MR) is 46.2 cm³/mol. The summed E-state index contributed by atoms with van der Waals surface area (Å²) in [5.41, 5.74) is 5.90. The van der Waals surface area contributed by atoms with E-state index in [1.54, 1.807) is 0 Å². The predicted octanol–water partition coefficient (Wildman–Crippen LogP) is 0.979. The molecule has 1 fully saturated rings. The summed E-state index contributed by atoms with van der Waals surface area (Å²) in [5, 5.41) is 0. The molecule has 0 saturated carbocycles. The number of aromatic nitrogens is 1. The Kier molecular flexibility index (Phi) is 2.14. The molecule has 2 rings (SSSR count). The van der Waals surface area contributed by atoms with Crippen molar-refractivity contribution < 1.29 is 13.2 Å². The van der Waals surface area contributed by atoms with E-state index in [4.69, 9.17) is 10.2 Å². The van der Waals surface area contributed by atoms with E-state index in [1.165, 1.54) is 11.2 Å². The number of nitrogens with two attached hydrogens (primary N) is 1. The normalized spacial score (nSPS) is 20.4. The van der Waals surface area contributed by atoms with Gasteiger partial charge in [0.25, 0.3) is 11.9 Å². The van der Waals surface area contributed by atoms with Gasteiger partial charge in [0.15, 0.2) is 0 Å². The minimum absolute atomic E-state index is 0.145. The summed E-state index contributed by atoms with van der Waals surface area (Å²) in [4.78, 5) is 5.41. The van der Waals surface area contributed by atoms with Gasteiger partial charge in [-0.2, -0.15) is 4.98 Å². The van der Waals surface area contributed by atoms with Crippen molar-refractivity contribution in [2.45, 2.75) is 18.9 Å². The third-order valence-corrected chi connectivity index (χ3v) is 2.19. The molecule has 0 unspecified atom stereocenters. The topological polar surface area (TPSA) is 55.3 Å². The highest BCUT2D eigenvalue weighted by molar-refractivity contribution is 5.30. The molecule has 0 bridgehead atoms. The molecule has 78 valence electrons. The van der Waals surface area contributed by atoms with Crippen LogP contribution in [-0.2, 0) is 6.54 Å². The van der Waals surface area contributed by atoms with E-state index in [2.05, 4.69) is 4.98 Å². The van der Waals surface area contributed by atoms with Gasteiger partial charge in [0.1, 0.15) is 6.26 Å². The zero-order valence-corrected chi connectivity index (χ0v) is 7.54. The first-order chi connectivity index (χ1) is 6.61. The van der Waals surface area contributed by atoms with Crippen molar-refractivity contribution in [3.63, 3.8) is 0 Å². The average Bonchev–Trinajstić information content (AvgIpc) is 2.70. The Morgan fingerprint density at radius 1 is 1.64 bits per heavy atom. The van der Waals surface area contributed by atoms with Gasteiger partial charge in [0.05, 0.1) is 12.2 Å². The zero-order chi connectivity index (χ0) is 10.2. The molecule has 1 aliphatic rings. The number of rotatable bonds is 2. The van der Waals surface area contributed by atoms with E-state index in [0.717, 1.165) is 0 Å². The van der Waals surface area contributed by atoms with Crippen LogP contribution >= 0.6 is 0 Å². The summed E-state index contributed by atoms with van der Waals surface area (Å²) >= 11 is 0. The highest BCUT2D eigenvalue weighted by Crippen LogP contribution is 2.30. The van der Waals surface area contributed by atoms with Gasteiger partial charge in [-0.05, 0) is 0 Å². The Labute approximate surface area is 79.7 Å². The molecular formula is C8H11F2N3O. The molecule has 1 aliphatic heterocycles. The average molecular weight is 203 g/mol. The van der Waals surface area contributed by atoms with Gasteiger partial charge < -0.3 is 15.1 Å². The van der Waals surface area contributed by atoms with Crippen LogP contribution in [0.25, 0.3) is 0 Å². The largest absolute Gasteiger partial charge is 0.432 e. The summed E-state index contributed by atoms with van der Waals surface area (Å²) in [6, 6.07) is 0.239. The number of anilines is 1. The molecule has 1 aromatic rings. The summed E-state index contributed by atoms with van der Waals surface area (Å²) in [7, 11) is 0. The van der Waals surface area contributed by atoms with Crippen molar-refractivity contribution in [2.75, 3.05) is 18.0 Å². The third kappa shape index (κ3) is 1.70. The first-order valence-corrected chi connectivity index (χ1v) is 4.38. The maximum Gasteiger partial charge on any atom is 0.297 e. The highest BCUT2D eigenvalue weighted by atomic mass is 19.3. The summed E-state index contributed by atoms with van der Waals surface area (Å²) < 4.78 is 30.7. The second-order valence-corrected chi connectivity index (χ2v) is 3.35. The Balaban J connectivity index is 2.09. The van der Waals surface area contributed by atoms with Crippen molar-refractivity contribution in [1.29, 1.82) is 0 Å². The van der Waals surface area contributed by atoms with Crippen LogP contribution in [0.15, 0.2) is 10.7 Å². The van der Waals surface area contributed by atoms with Crippen LogP contribution in [0.1, 0.15) is 12.1 Å². The lowest BCUT2D eigenvalue weighted by molar-refractivity contribution is 0.0254. The maximum atomic E-state index is 12.8. The van der Waals surface area contributed by atoms with Gasteiger partial charge >= 0.3 is 0 Å². The van der Waals surface area contributed by atoms with Crippen LogP contribution in [0.3, 0.4) is 0 Å². The van der Waals surface area contributed by atoms with Crippen molar-refractivity contribution in [1.82, 2.24) is 4.98 Å². The second-order valence-electron chi connectivity index (χ2n) is 3.35. The van der Waals surface area contributed by atoms with E-state index in [-0.39, 0.29) is 32.1 Å². The van der Waals surface area contributed by atoms with E-state index in [9.17, 15) is 8.78 Å². The monoisotopic (exact) mass is 203 g/mol. The highest BCUT2D eigenvalue weighted by Gasteiger charge is 2.39. The van der Waals surface area contributed by atoms with Gasteiger partial charge in [-0.1, -0.05) is 0 Å². The fourth-order valence-corrected chi connectivity index (χ4v) is 1.43. The molecule has 0 atom stereocenters. The van der Waals surface area contributed by atoms with Crippen LogP contribution in [-0.4, -0.2) is 24.0 Å². The quantitative estimate of drug-likeness (QED) is 0.778. The Morgan fingerprint density at radius 2 is 2.43 bits per heavy atom. The second kappa shape index (κ2) is 3.20. The fourth-order valence-electron chi connectivity index (χ4n) is 1.43. The standard InChI is InChI=1S/C8H11F2N3O/c9-8(10)1-2-13(5-8)7-12-6(3-11)4-14-7/h4H,1-3,5,11H2. The molecule has 0 radical (unpaired) electrons. The lowest BCUT2D eigenvalue weighted by atomic mass is 10.3. The number of alkyl halides is 2. The van der Waals surface area contributed by atoms with Crippen LogP contribution in [0.5, 0.6) is 0 Å². The molecule has 6 heteroatoms. The lowest BCUT2D eigenvalue weighted by Gasteiger charge is -2.12. The number of oxazole rings is 1. The third-order valence-electron chi connectivity index (χ3n) is 2.19. The maximum absolute atomic E-state index is 12.8. The minimum atomic E-state index is -2.63. The summed E-state index contributed by atoms with van der Waals surface area (Å²) in [6.45, 7) is 0.211. The van der Waals surface area contributed by atoms with Crippen molar-refractivity contribution in [3.05, 3.63) is 12.0 Å². The number of nitrogens with zero attached hydrogens (tertiary/aromatic N) is 2. The Morgan fingerprint density at radius 3 is 2.93 bits per heavy atom. The molecule has 0 aliphatic carbocycles. The number of hydrogen-bond donors (Lipinski definition) is 1. The molecule has 14 heavy (non-hydrogen) atoms. The Hall–Kier alpha value is -1.17. The summed E-state index contributed by atoms with van der Waals surface area (Å²) in [6.07, 6.45) is 1.25. The Bertz CT molecular complexity index is 326. The lowest BCUT2D eigenvalue weighted by Crippen LogP contribution is -2.25. The molecule has 0 amide bonds. The van der Waals surface area contributed by atoms with Gasteiger partial charge in [-0.3, -0.25) is 0 Å². The van der Waals surface area contributed by atoms with E-state index in [0.29, 0.717) is 5.69 Å². The molecule has 1 saturated heterocycles. The number of halogens is 2. The molecule has 2 heterocycles. The van der Waals surface area contributed by atoms with Crippen molar-refractivity contribution in [2.24, 2.45) is 5.73 Å². The zero-order valence-electron chi connectivity index (χ0n) is 7.54. The molecule has 0 spiro atoms. The summed E-state index contributed by atoms with van der Waals surface area (Å²) in [5.74, 6) is -2.63. The van der Waals surface area contributed by atoms with Crippen LogP contribution < -0.4 is 10.6 Å². The smallest absolute Gasteiger partial charge is 0.297 e. The molecule has 4 nitrogen and oxygen atoms in total. The van der Waals surface area contributed by atoms with Gasteiger partial charge in [-0.15, -0.1) is 0 Å². The van der Waals surface area contributed by atoms with E-state index < -0.39 is 5.92 Å². The molecular weight excluding hydrogens is 192 g/mol. The van der Waals surface area contributed by atoms with Crippen molar-refractivity contribution >= 4 is 6.01 Å².